The van der Waals surface area contributed by atoms with E-state index in [1.165, 1.54) is 21.3 Å². The van der Waals surface area contributed by atoms with Crippen molar-refractivity contribution in [2.45, 2.75) is 0 Å². The number of hydrogen-bond acceptors (Lipinski definition) is 7. The standard InChI is InChI=1S/C20H19NO6/c1-23-14-7-5-13(6-8-14)19-21-15(20(22)27-19)9-12-10-16(24-2)18(26-4)17(11-12)25-3/h5-11H,1-4H3/b15-9-. The zero-order valence-corrected chi connectivity index (χ0v) is 15.4. The summed E-state index contributed by atoms with van der Waals surface area (Å²) in [6, 6.07) is 10.5. The highest BCUT2D eigenvalue weighted by Crippen LogP contribution is 2.39. The Balaban J connectivity index is 1.96. The molecule has 7 nitrogen and oxygen atoms in total. The monoisotopic (exact) mass is 369 g/mol. The fourth-order valence-electron chi connectivity index (χ4n) is 2.61. The van der Waals surface area contributed by atoms with Gasteiger partial charge < -0.3 is 23.7 Å². The molecule has 1 aliphatic rings. The Kier molecular flexibility index (Phi) is 5.30. The van der Waals surface area contributed by atoms with Crippen molar-refractivity contribution in [1.29, 1.82) is 0 Å². The van der Waals surface area contributed by atoms with Crippen LogP contribution in [0.25, 0.3) is 6.08 Å². The van der Waals surface area contributed by atoms with Gasteiger partial charge in [-0.15, -0.1) is 0 Å². The van der Waals surface area contributed by atoms with E-state index in [-0.39, 0.29) is 11.6 Å². The summed E-state index contributed by atoms with van der Waals surface area (Å²) in [6.07, 6.45) is 1.60. The molecule has 0 radical (unpaired) electrons. The van der Waals surface area contributed by atoms with Gasteiger partial charge in [0.1, 0.15) is 5.75 Å². The van der Waals surface area contributed by atoms with Crippen molar-refractivity contribution in [2.75, 3.05) is 28.4 Å². The first-order valence-electron chi connectivity index (χ1n) is 8.06. The van der Waals surface area contributed by atoms with Gasteiger partial charge in [-0.2, -0.15) is 0 Å². The third kappa shape index (κ3) is 3.72. The maximum atomic E-state index is 12.2. The van der Waals surface area contributed by atoms with Gasteiger partial charge in [0.25, 0.3) is 0 Å². The second-order valence-electron chi connectivity index (χ2n) is 5.52. The van der Waals surface area contributed by atoms with Crippen LogP contribution < -0.4 is 18.9 Å². The average Bonchev–Trinajstić information content (AvgIpc) is 3.07. The molecule has 0 amide bonds. The minimum absolute atomic E-state index is 0.176. The van der Waals surface area contributed by atoms with Gasteiger partial charge in [0.2, 0.25) is 11.6 Å². The molecule has 0 saturated carbocycles. The van der Waals surface area contributed by atoms with E-state index in [0.29, 0.717) is 34.1 Å². The second-order valence-corrected chi connectivity index (χ2v) is 5.52. The van der Waals surface area contributed by atoms with E-state index in [4.69, 9.17) is 23.7 Å². The summed E-state index contributed by atoms with van der Waals surface area (Å²) < 4.78 is 26.3. The summed E-state index contributed by atoms with van der Waals surface area (Å²) in [7, 11) is 6.16. The number of aliphatic imine (C=N–C) groups is 1. The predicted octanol–water partition coefficient (Wildman–Crippen LogP) is 3.07. The van der Waals surface area contributed by atoms with Crippen LogP contribution in [0.1, 0.15) is 11.1 Å². The predicted molar refractivity (Wildman–Crippen MR) is 99.7 cm³/mol. The van der Waals surface area contributed by atoms with E-state index in [0.717, 1.165) is 0 Å². The van der Waals surface area contributed by atoms with Crippen molar-refractivity contribution in [3.05, 3.63) is 53.2 Å². The fraction of sp³-hybridized carbons (Fsp3) is 0.200. The van der Waals surface area contributed by atoms with E-state index >= 15 is 0 Å². The minimum atomic E-state index is -0.533. The molecule has 0 atom stereocenters. The van der Waals surface area contributed by atoms with Gasteiger partial charge in [-0.3, -0.25) is 0 Å². The highest BCUT2D eigenvalue weighted by Gasteiger charge is 2.24. The van der Waals surface area contributed by atoms with Crippen LogP contribution in [-0.2, 0) is 9.53 Å². The van der Waals surface area contributed by atoms with Gasteiger partial charge in [0.15, 0.2) is 17.2 Å². The molecule has 2 aromatic rings. The molecule has 0 aliphatic carbocycles. The summed E-state index contributed by atoms with van der Waals surface area (Å²) in [5.74, 6) is 1.84. The van der Waals surface area contributed by atoms with Crippen LogP contribution in [0.4, 0.5) is 0 Å². The topological polar surface area (TPSA) is 75.6 Å². The highest BCUT2D eigenvalue weighted by atomic mass is 16.6. The molecule has 140 valence electrons. The van der Waals surface area contributed by atoms with Crippen molar-refractivity contribution < 1.29 is 28.5 Å². The summed E-state index contributed by atoms with van der Waals surface area (Å²) in [6.45, 7) is 0. The first kappa shape index (κ1) is 18.3. The molecule has 2 aromatic carbocycles. The molecular weight excluding hydrogens is 350 g/mol. The zero-order valence-electron chi connectivity index (χ0n) is 15.4. The number of ether oxygens (including phenoxy) is 5. The Morgan fingerprint density at radius 3 is 2.04 bits per heavy atom. The molecule has 1 heterocycles. The third-order valence-corrected chi connectivity index (χ3v) is 3.95. The van der Waals surface area contributed by atoms with Crippen molar-refractivity contribution in [2.24, 2.45) is 4.99 Å². The van der Waals surface area contributed by atoms with Crippen LogP contribution in [0.2, 0.25) is 0 Å². The number of carbonyl (C=O) groups is 1. The smallest absolute Gasteiger partial charge is 0.363 e. The number of benzene rings is 2. The Labute approximate surface area is 156 Å². The third-order valence-electron chi connectivity index (χ3n) is 3.95. The van der Waals surface area contributed by atoms with Gasteiger partial charge >= 0.3 is 5.97 Å². The first-order chi connectivity index (χ1) is 13.1. The quantitative estimate of drug-likeness (QED) is 0.575. The van der Waals surface area contributed by atoms with Crippen LogP contribution in [0.5, 0.6) is 23.0 Å². The summed E-state index contributed by atoms with van der Waals surface area (Å²) in [5.41, 5.74) is 1.52. The van der Waals surface area contributed by atoms with Crippen LogP contribution in [0, 0.1) is 0 Å². The lowest BCUT2D eigenvalue weighted by Gasteiger charge is -2.12. The van der Waals surface area contributed by atoms with Crippen molar-refractivity contribution in [3.63, 3.8) is 0 Å². The van der Waals surface area contributed by atoms with E-state index in [9.17, 15) is 4.79 Å². The first-order valence-corrected chi connectivity index (χ1v) is 8.06. The molecule has 27 heavy (non-hydrogen) atoms. The maximum Gasteiger partial charge on any atom is 0.363 e. The Bertz CT molecular complexity index is 890. The highest BCUT2D eigenvalue weighted by molar-refractivity contribution is 6.12. The molecule has 0 unspecified atom stereocenters. The summed E-state index contributed by atoms with van der Waals surface area (Å²) in [4.78, 5) is 16.5. The van der Waals surface area contributed by atoms with Crippen LogP contribution >= 0.6 is 0 Å². The fourth-order valence-corrected chi connectivity index (χ4v) is 2.61. The van der Waals surface area contributed by atoms with E-state index < -0.39 is 5.97 Å². The average molecular weight is 369 g/mol. The molecule has 0 aromatic heterocycles. The van der Waals surface area contributed by atoms with Crippen LogP contribution in [0.3, 0.4) is 0 Å². The Morgan fingerprint density at radius 2 is 1.52 bits per heavy atom. The molecule has 0 N–H and O–H groups in total. The normalized spacial score (nSPS) is 14.6. The molecule has 0 fully saturated rings. The number of methoxy groups -OCH3 is 4. The maximum absolute atomic E-state index is 12.2. The lowest BCUT2D eigenvalue weighted by Crippen LogP contribution is -2.05. The molecule has 1 aliphatic heterocycles. The van der Waals surface area contributed by atoms with Crippen molar-refractivity contribution in [1.82, 2.24) is 0 Å². The minimum Gasteiger partial charge on any atom is -0.497 e. The summed E-state index contributed by atoms with van der Waals surface area (Å²) in [5, 5.41) is 0. The van der Waals surface area contributed by atoms with E-state index in [1.807, 2.05) is 0 Å². The number of rotatable bonds is 6. The molecular formula is C20H19NO6. The molecule has 0 spiro atoms. The van der Waals surface area contributed by atoms with E-state index in [2.05, 4.69) is 4.99 Å². The van der Waals surface area contributed by atoms with Gasteiger partial charge in [0.05, 0.1) is 28.4 Å². The summed E-state index contributed by atoms with van der Waals surface area (Å²) >= 11 is 0. The molecule has 7 heteroatoms. The van der Waals surface area contributed by atoms with Crippen LogP contribution in [0.15, 0.2) is 47.1 Å². The molecule has 0 saturated heterocycles. The lowest BCUT2D eigenvalue weighted by atomic mass is 10.1. The Morgan fingerprint density at radius 1 is 0.889 bits per heavy atom. The SMILES string of the molecule is COc1ccc(C2=N/C(=C\c3cc(OC)c(OC)c(OC)c3)C(=O)O2)cc1. The second kappa shape index (κ2) is 7.82. The van der Waals surface area contributed by atoms with Crippen LogP contribution in [-0.4, -0.2) is 40.3 Å². The zero-order chi connectivity index (χ0) is 19.4. The number of carbonyl (C=O) groups excluding carboxylic acids is 1. The van der Waals surface area contributed by atoms with Gasteiger partial charge in [-0.1, -0.05) is 0 Å². The number of nitrogens with zero attached hydrogens (tertiary/aromatic N) is 1. The number of cyclic esters (lactones) is 1. The Hall–Kier alpha value is -3.48. The molecule has 3 rings (SSSR count). The molecule has 0 bridgehead atoms. The largest absolute Gasteiger partial charge is 0.497 e. The van der Waals surface area contributed by atoms with Crippen molar-refractivity contribution >= 4 is 17.9 Å². The van der Waals surface area contributed by atoms with Gasteiger partial charge in [0, 0.05) is 5.56 Å². The number of hydrogen-bond donors (Lipinski definition) is 0. The van der Waals surface area contributed by atoms with Gasteiger partial charge in [-0.05, 0) is 48.0 Å². The van der Waals surface area contributed by atoms with E-state index in [1.54, 1.807) is 49.6 Å². The van der Waals surface area contributed by atoms with Crippen molar-refractivity contribution in [3.8, 4) is 23.0 Å². The van der Waals surface area contributed by atoms with Gasteiger partial charge in [-0.25, -0.2) is 9.79 Å². The number of esters is 1. The lowest BCUT2D eigenvalue weighted by molar-refractivity contribution is -0.129.